The van der Waals surface area contributed by atoms with Crippen molar-refractivity contribution in [1.82, 2.24) is 25.3 Å². The van der Waals surface area contributed by atoms with E-state index in [4.69, 9.17) is 0 Å². The minimum absolute atomic E-state index is 0.346. The van der Waals surface area contributed by atoms with E-state index in [1.54, 1.807) is 0 Å². The summed E-state index contributed by atoms with van der Waals surface area (Å²) in [6.07, 6.45) is 2.42. The van der Waals surface area contributed by atoms with Gasteiger partial charge in [0.25, 0.3) is 0 Å². The third-order valence-corrected chi connectivity index (χ3v) is 5.88. The SMILES string of the molecule is CCN(CC)C(CNC(=NC)NCCCN1CCCN(C)CC1)c1ccccc1. The molecule has 0 aliphatic carbocycles. The Labute approximate surface area is 178 Å². The monoisotopic (exact) mass is 402 g/mol. The van der Waals surface area contributed by atoms with E-state index in [1.807, 2.05) is 7.05 Å². The Hall–Kier alpha value is -1.63. The van der Waals surface area contributed by atoms with E-state index < -0.39 is 0 Å². The summed E-state index contributed by atoms with van der Waals surface area (Å²) in [6.45, 7) is 14.3. The van der Waals surface area contributed by atoms with Gasteiger partial charge in [0.15, 0.2) is 5.96 Å². The summed E-state index contributed by atoms with van der Waals surface area (Å²) in [5.41, 5.74) is 1.35. The Bertz CT molecular complexity index is 572. The number of hydrogen-bond acceptors (Lipinski definition) is 4. The third kappa shape index (κ3) is 8.33. The molecule has 1 atom stereocenters. The molecule has 0 saturated carbocycles. The van der Waals surface area contributed by atoms with Crippen LogP contribution in [0, 0.1) is 0 Å². The number of rotatable bonds is 10. The van der Waals surface area contributed by atoms with Gasteiger partial charge in [-0.2, -0.15) is 0 Å². The molecule has 0 radical (unpaired) electrons. The van der Waals surface area contributed by atoms with Crippen LogP contribution in [0.1, 0.15) is 38.3 Å². The molecule has 2 rings (SSSR count). The van der Waals surface area contributed by atoms with Gasteiger partial charge in [-0.3, -0.25) is 9.89 Å². The zero-order chi connectivity index (χ0) is 20.9. The highest BCUT2D eigenvalue weighted by molar-refractivity contribution is 5.79. The van der Waals surface area contributed by atoms with Crippen LogP contribution in [0.4, 0.5) is 0 Å². The Kier molecular flexibility index (Phi) is 11.1. The van der Waals surface area contributed by atoms with Gasteiger partial charge >= 0.3 is 0 Å². The summed E-state index contributed by atoms with van der Waals surface area (Å²) in [5, 5.41) is 7.05. The highest BCUT2D eigenvalue weighted by Gasteiger charge is 2.18. The largest absolute Gasteiger partial charge is 0.356 e. The Morgan fingerprint density at radius 3 is 2.52 bits per heavy atom. The quantitative estimate of drug-likeness (QED) is 0.357. The summed E-state index contributed by atoms with van der Waals surface area (Å²) >= 11 is 0. The standard InChI is InChI=1S/C23H42N6/c1-5-29(6-2)22(21-12-8-7-9-13-21)20-26-23(24-3)25-14-10-16-28-17-11-15-27(4)18-19-28/h7-9,12-13,22H,5-6,10-11,14-20H2,1-4H3,(H2,24,25,26). The van der Waals surface area contributed by atoms with Crippen molar-refractivity contribution in [2.45, 2.75) is 32.7 Å². The van der Waals surface area contributed by atoms with E-state index in [0.29, 0.717) is 6.04 Å². The number of hydrogen-bond donors (Lipinski definition) is 2. The molecule has 1 heterocycles. The molecule has 1 aromatic carbocycles. The highest BCUT2D eigenvalue weighted by Crippen LogP contribution is 2.19. The molecular weight excluding hydrogens is 360 g/mol. The van der Waals surface area contributed by atoms with Crippen LogP contribution < -0.4 is 10.6 Å². The van der Waals surface area contributed by atoms with Gasteiger partial charge in [0.2, 0.25) is 0 Å². The average molecular weight is 403 g/mol. The molecule has 0 spiro atoms. The van der Waals surface area contributed by atoms with Gasteiger partial charge in [-0.1, -0.05) is 44.2 Å². The van der Waals surface area contributed by atoms with Crippen molar-refractivity contribution in [1.29, 1.82) is 0 Å². The molecule has 6 heteroatoms. The normalized spacial score (nSPS) is 17.9. The summed E-state index contributed by atoms with van der Waals surface area (Å²) in [7, 11) is 4.08. The van der Waals surface area contributed by atoms with Gasteiger partial charge < -0.3 is 20.4 Å². The van der Waals surface area contributed by atoms with E-state index in [9.17, 15) is 0 Å². The fourth-order valence-corrected chi connectivity index (χ4v) is 4.04. The third-order valence-electron chi connectivity index (χ3n) is 5.88. The summed E-state index contributed by atoms with van der Waals surface area (Å²) in [4.78, 5) is 11.9. The number of benzene rings is 1. The zero-order valence-corrected chi connectivity index (χ0v) is 19.0. The molecule has 0 amide bonds. The van der Waals surface area contributed by atoms with Crippen LogP contribution in [0.2, 0.25) is 0 Å². The van der Waals surface area contributed by atoms with E-state index in [1.165, 1.54) is 38.2 Å². The lowest BCUT2D eigenvalue weighted by Crippen LogP contribution is -2.44. The van der Waals surface area contributed by atoms with Gasteiger partial charge in [-0.05, 0) is 58.2 Å². The van der Waals surface area contributed by atoms with Crippen molar-refractivity contribution in [3.63, 3.8) is 0 Å². The zero-order valence-electron chi connectivity index (χ0n) is 19.0. The van der Waals surface area contributed by atoms with Crippen LogP contribution in [0.15, 0.2) is 35.3 Å². The van der Waals surface area contributed by atoms with Crippen molar-refractivity contribution in [2.24, 2.45) is 4.99 Å². The predicted molar refractivity (Wildman–Crippen MR) is 125 cm³/mol. The highest BCUT2D eigenvalue weighted by atomic mass is 15.2. The first-order valence-corrected chi connectivity index (χ1v) is 11.3. The van der Waals surface area contributed by atoms with Crippen LogP contribution in [0.25, 0.3) is 0 Å². The van der Waals surface area contributed by atoms with E-state index in [2.05, 4.69) is 81.6 Å². The number of nitrogens with one attached hydrogen (secondary N) is 2. The first-order chi connectivity index (χ1) is 14.2. The number of guanidine groups is 1. The van der Waals surface area contributed by atoms with Crippen LogP contribution in [0.3, 0.4) is 0 Å². The molecule has 0 bridgehead atoms. The summed E-state index contributed by atoms with van der Waals surface area (Å²) in [5.74, 6) is 0.897. The number of likely N-dealkylation sites (N-methyl/N-ethyl adjacent to an activating group) is 2. The van der Waals surface area contributed by atoms with Gasteiger partial charge in [-0.15, -0.1) is 0 Å². The molecule has 1 aliphatic heterocycles. The average Bonchev–Trinajstić information content (AvgIpc) is 2.97. The second-order valence-electron chi connectivity index (χ2n) is 7.88. The molecule has 1 fully saturated rings. The number of nitrogens with zero attached hydrogens (tertiary/aromatic N) is 4. The molecule has 164 valence electrons. The van der Waals surface area contributed by atoms with E-state index in [-0.39, 0.29) is 0 Å². The molecule has 0 aromatic heterocycles. The predicted octanol–water partition coefficient (Wildman–Crippen LogP) is 2.26. The minimum atomic E-state index is 0.346. The molecule has 1 aromatic rings. The lowest BCUT2D eigenvalue weighted by Gasteiger charge is -2.31. The first kappa shape index (κ1) is 23.6. The molecular formula is C23H42N6. The summed E-state index contributed by atoms with van der Waals surface area (Å²) < 4.78 is 0. The maximum Gasteiger partial charge on any atom is 0.191 e. The van der Waals surface area contributed by atoms with Crippen LogP contribution in [-0.4, -0.2) is 93.7 Å². The summed E-state index contributed by atoms with van der Waals surface area (Å²) in [6, 6.07) is 11.1. The molecule has 1 saturated heterocycles. The second kappa shape index (κ2) is 13.6. The Morgan fingerprint density at radius 2 is 1.83 bits per heavy atom. The topological polar surface area (TPSA) is 46.1 Å². The van der Waals surface area contributed by atoms with Crippen molar-refractivity contribution in [3.05, 3.63) is 35.9 Å². The van der Waals surface area contributed by atoms with Crippen LogP contribution in [-0.2, 0) is 0 Å². The van der Waals surface area contributed by atoms with E-state index in [0.717, 1.165) is 45.1 Å². The maximum atomic E-state index is 4.43. The van der Waals surface area contributed by atoms with Crippen LogP contribution in [0.5, 0.6) is 0 Å². The molecule has 6 nitrogen and oxygen atoms in total. The van der Waals surface area contributed by atoms with Gasteiger partial charge in [0.05, 0.1) is 6.04 Å². The van der Waals surface area contributed by atoms with Gasteiger partial charge in [0.1, 0.15) is 0 Å². The van der Waals surface area contributed by atoms with Crippen LogP contribution >= 0.6 is 0 Å². The number of aliphatic imine (C=N–C) groups is 1. The fourth-order valence-electron chi connectivity index (χ4n) is 4.04. The molecule has 1 aliphatic rings. The molecule has 29 heavy (non-hydrogen) atoms. The van der Waals surface area contributed by atoms with E-state index >= 15 is 0 Å². The minimum Gasteiger partial charge on any atom is -0.356 e. The Balaban J connectivity index is 1.77. The molecule has 2 N–H and O–H groups in total. The Morgan fingerprint density at radius 1 is 1.07 bits per heavy atom. The molecule has 1 unspecified atom stereocenters. The lowest BCUT2D eigenvalue weighted by molar-refractivity contribution is 0.219. The van der Waals surface area contributed by atoms with Crippen molar-refractivity contribution >= 4 is 5.96 Å². The maximum absolute atomic E-state index is 4.43. The van der Waals surface area contributed by atoms with Crippen molar-refractivity contribution < 1.29 is 0 Å². The van der Waals surface area contributed by atoms with Crippen molar-refractivity contribution in [3.8, 4) is 0 Å². The van der Waals surface area contributed by atoms with Crippen molar-refractivity contribution in [2.75, 3.05) is 73.0 Å². The van der Waals surface area contributed by atoms with Gasteiger partial charge in [-0.25, -0.2) is 0 Å². The smallest absolute Gasteiger partial charge is 0.191 e. The first-order valence-electron chi connectivity index (χ1n) is 11.3. The fraction of sp³-hybridized carbons (Fsp3) is 0.696. The lowest BCUT2D eigenvalue weighted by atomic mass is 10.1. The second-order valence-corrected chi connectivity index (χ2v) is 7.88. The van der Waals surface area contributed by atoms with Gasteiger partial charge in [0, 0.05) is 33.2 Å².